The van der Waals surface area contributed by atoms with Crippen LogP contribution < -0.4 is 5.32 Å². The Morgan fingerprint density at radius 2 is 1.76 bits per heavy atom. The number of benzene rings is 2. The number of nitrogens with one attached hydrogen (secondary N) is 1. The Balaban J connectivity index is 1.51. The third-order valence-corrected chi connectivity index (χ3v) is 5.94. The third-order valence-electron chi connectivity index (χ3n) is 5.94. The fourth-order valence-corrected chi connectivity index (χ4v) is 4.05. The fraction of sp³-hybridized carbons (Fsp3) is 0.333. The average molecular weight is 462 g/mol. The molecular weight excluding hydrogens is 430 g/mol. The molecule has 1 saturated heterocycles. The molecule has 0 radical (unpaired) electrons. The largest absolute Gasteiger partial charge is 0.467 e. The fourth-order valence-electron chi connectivity index (χ4n) is 4.05. The lowest BCUT2D eigenvalue weighted by Crippen LogP contribution is -2.46. The number of nitrogens with zero attached hydrogens (tertiary/aromatic N) is 2. The van der Waals surface area contributed by atoms with Gasteiger partial charge >= 0.3 is 6.03 Å². The van der Waals surface area contributed by atoms with Crippen molar-refractivity contribution in [3.05, 3.63) is 89.9 Å². The van der Waals surface area contributed by atoms with E-state index in [9.17, 15) is 9.59 Å². The molecule has 1 unspecified atom stereocenters. The van der Waals surface area contributed by atoms with Gasteiger partial charge in [0.05, 0.1) is 18.9 Å². The molecule has 7 heteroatoms. The monoisotopic (exact) mass is 461 g/mol. The van der Waals surface area contributed by atoms with Gasteiger partial charge in [-0.15, -0.1) is 0 Å². The molecule has 0 saturated carbocycles. The van der Waals surface area contributed by atoms with Crippen LogP contribution >= 0.6 is 0 Å². The lowest BCUT2D eigenvalue weighted by Gasteiger charge is -2.29. The summed E-state index contributed by atoms with van der Waals surface area (Å²) >= 11 is 0. The number of carbonyl (C=O) groups is 2. The second kappa shape index (κ2) is 11.5. The zero-order chi connectivity index (χ0) is 23.8. The molecule has 34 heavy (non-hydrogen) atoms. The second-order valence-corrected chi connectivity index (χ2v) is 8.58. The average Bonchev–Trinajstić information content (AvgIpc) is 3.55. The summed E-state index contributed by atoms with van der Waals surface area (Å²) in [6.45, 7) is 3.69. The second-order valence-electron chi connectivity index (χ2n) is 8.58. The summed E-state index contributed by atoms with van der Waals surface area (Å²) in [5.74, 6) is 0.539. The van der Waals surface area contributed by atoms with Crippen molar-refractivity contribution < 1.29 is 18.7 Å². The summed E-state index contributed by atoms with van der Waals surface area (Å²) < 4.78 is 11.3. The zero-order valence-corrected chi connectivity index (χ0v) is 19.5. The van der Waals surface area contributed by atoms with Crippen LogP contribution in [0.15, 0.2) is 77.4 Å². The van der Waals surface area contributed by atoms with Gasteiger partial charge in [-0.05, 0) is 49.1 Å². The van der Waals surface area contributed by atoms with Gasteiger partial charge in [-0.25, -0.2) is 4.79 Å². The predicted molar refractivity (Wildman–Crippen MR) is 130 cm³/mol. The molecule has 1 aliphatic heterocycles. The van der Waals surface area contributed by atoms with E-state index in [1.54, 1.807) is 22.1 Å². The summed E-state index contributed by atoms with van der Waals surface area (Å²) in [6.07, 6.45) is 3.37. The van der Waals surface area contributed by atoms with Gasteiger partial charge in [-0.3, -0.25) is 4.79 Å². The van der Waals surface area contributed by atoms with E-state index in [4.69, 9.17) is 9.15 Å². The molecule has 0 aliphatic carbocycles. The molecule has 0 spiro atoms. The molecule has 1 fully saturated rings. The van der Waals surface area contributed by atoms with Crippen molar-refractivity contribution in [2.45, 2.75) is 39.0 Å². The lowest BCUT2D eigenvalue weighted by atomic mass is 10.2. The highest BCUT2D eigenvalue weighted by molar-refractivity contribution is 5.93. The highest BCUT2D eigenvalue weighted by atomic mass is 16.5. The number of ether oxygens (including phenoxy) is 1. The van der Waals surface area contributed by atoms with E-state index in [0.717, 1.165) is 29.7 Å². The number of urea groups is 1. The zero-order valence-electron chi connectivity index (χ0n) is 19.5. The first kappa shape index (κ1) is 23.6. The Morgan fingerprint density at radius 1 is 0.971 bits per heavy atom. The van der Waals surface area contributed by atoms with E-state index in [2.05, 4.69) is 5.32 Å². The van der Waals surface area contributed by atoms with Gasteiger partial charge < -0.3 is 24.3 Å². The smallest absolute Gasteiger partial charge is 0.322 e. The molecule has 2 aromatic carbocycles. The molecule has 1 aliphatic rings. The van der Waals surface area contributed by atoms with Gasteiger partial charge in [-0.1, -0.05) is 48.5 Å². The third kappa shape index (κ3) is 6.48. The van der Waals surface area contributed by atoms with E-state index in [1.165, 1.54) is 0 Å². The number of furan rings is 1. The molecule has 4 rings (SSSR count). The Labute approximate surface area is 200 Å². The van der Waals surface area contributed by atoms with E-state index in [1.807, 2.05) is 67.6 Å². The molecule has 1 atom stereocenters. The standard InChI is InChI=1S/C27H31N3O4/c1-21-9-5-6-14-25(21)28-27(32)30(19-24-13-8-16-34-24)20-26(31)29(18-23-12-7-15-33-23)17-22-10-3-2-4-11-22/h2-7,9-12,14-15,24H,8,13,16-20H2,1H3,(H,28,32). The van der Waals surface area contributed by atoms with E-state index in [0.29, 0.717) is 32.0 Å². The molecule has 178 valence electrons. The molecule has 0 bridgehead atoms. The Hall–Kier alpha value is -3.58. The van der Waals surface area contributed by atoms with Crippen LogP contribution in [0.1, 0.15) is 29.7 Å². The van der Waals surface area contributed by atoms with Gasteiger partial charge in [0, 0.05) is 25.4 Å². The minimum absolute atomic E-state index is 0.0505. The van der Waals surface area contributed by atoms with Crippen LogP contribution in [0, 0.1) is 6.92 Å². The van der Waals surface area contributed by atoms with Gasteiger partial charge in [0.1, 0.15) is 12.3 Å². The van der Waals surface area contributed by atoms with Crippen molar-refractivity contribution in [3.8, 4) is 0 Å². The first-order valence-electron chi connectivity index (χ1n) is 11.7. The van der Waals surface area contributed by atoms with Crippen LogP contribution in [0.4, 0.5) is 10.5 Å². The number of anilines is 1. The maximum atomic E-state index is 13.5. The molecule has 7 nitrogen and oxygen atoms in total. The highest BCUT2D eigenvalue weighted by Gasteiger charge is 2.27. The van der Waals surface area contributed by atoms with Gasteiger partial charge in [0.25, 0.3) is 0 Å². The number of rotatable bonds is 9. The normalized spacial score (nSPS) is 15.1. The molecule has 2 heterocycles. The number of hydrogen-bond donors (Lipinski definition) is 1. The number of aryl methyl sites for hydroxylation is 1. The van der Waals surface area contributed by atoms with Gasteiger partial charge in [0.15, 0.2) is 0 Å². The summed E-state index contributed by atoms with van der Waals surface area (Å²) in [5.41, 5.74) is 2.70. The molecule has 1 aromatic heterocycles. The van der Waals surface area contributed by atoms with E-state index >= 15 is 0 Å². The summed E-state index contributed by atoms with van der Waals surface area (Å²) in [7, 11) is 0. The summed E-state index contributed by atoms with van der Waals surface area (Å²) in [5, 5.41) is 2.97. The minimum atomic E-state index is -0.309. The first-order valence-corrected chi connectivity index (χ1v) is 11.7. The van der Waals surface area contributed by atoms with Crippen LogP contribution in [-0.2, 0) is 22.6 Å². The summed E-state index contributed by atoms with van der Waals surface area (Å²) in [4.78, 5) is 30.0. The van der Waals surface area contributed by atoms with Crippen molar-refractivity contribution in [1.82, 2.24) is 9.80 Å². The molecule has 3 aromatic rings. The van der Waals surface area contributed by atoms with Crippen molar-refractivity contribution in [1.29, 1.82) is 0 Å². The Bertz CT molecular complexity index is 1060. The molecule has 3 amide bonds. The van der Waals surface area contributed by atoms with Crippen LogP contribution in [0.2, 0.25) is 0 Å². The van der Waals surface area contributed by atoms with Crippen LogP contribution in [0.3, 0.4) is 0 Å². The van der Waals surface area contributed by atoms with E-state index < -0.39 is 0 Å². The topological polar surface area (TPSA) is 75.0 Å². The van der Waals surface area contributed by atoms with Crippen molar-refractivity contribution in [2.24, 2.45) is 0 Å². The Morgan fingerprint density at radius 3 is 2.47 bits per heavy atom. The number of carbonyl (C=O) groups excluding carboxylic acids is 2. The first-order chi connectivity index (χ1) is 16.6. The SMILES string of the molecule is Cc1ccccc1NC(=O)N(CC(=O)N(Cc1ccccc1)Cc1ccco1)CC1CCCO1. The van der Waals surface area contributed by atoms with E-state index in [-0.39, 0.29) is 24.6 Å². The van der Waals surface area contributed by atoms with Gasteiger partial charge in [-0.2, -0.15) is 0 Å². The number of amides is 3. The van der Waals surface area contributed by atoms with Crippen molar-refractivity contribution >= 4 is 17.6 Å². The van der Waals surface area contributed by atoms with Crippen LogP contribution in [0.25, 0.3) is 0 Å². The minimum Gasteiger partial charge on any atom is -0.467 e. The highest BCUT2D eigenvalue weighted by Crippen LogP contribution is 2.18. The number of para-hydroxylation sites is 1. The van der Waals surface area contributed by atoms with Crippen LogP contribution in [-0.4, -0.2) is 47.5 Å². The molecular formula is C27H31N3O4. The summed E-state index contributed by atoms with van der Waals surface area (Å²) in [6, 6.07) is 20.8. The van der Waals surface area contributed by atoms with Crippen molar-refractivity contribution in [2.75, 3.05) is 25.0 Å². The quantitative estimate of drug-likeness (QED) is 0.495. The lowest BCUT2D eigenvalue weighted by molar-refractivity contribution is -0.133. The number of hydrogen-bond acceptors (Lipinski definition) is 4. The molecule has 1 N–H and O–H groups in total. The Kier molecular flexibility index (Phi) is 7.99. The maximum Gasteiger partial charge on any atom is 0.322 e. The predicted octanol–water partition coefficient (Wildman–Crippen LogP) is 4.83. The maximum absolute atomic E-state index is 13.5. The van der Waals surface area contributed by atoms with Crippen molar-refractivity contribution in [3.63, 3.8) is 0 Å². The van der Waals surface area contributed by atoms with Crippen LogP contribution in [0.5, 0.6) is 0 Å². The van der Waals surface area contributed by atoms with Gasteiger partial charge in [0.2, 0.25) is 5.91 Å².